The normalized spacial score (nSPS) is 19.4. The van der Waals surface area contributed by atoms with Crippen LogP contribution in [0.3, 0.4) is 0 Å². The molecule has 0 bridgehead atoms. The van der Waals surface area contributed by atoms with Crippen molar-refractivity contribution in [3.8, 4) is 0 Å². The predicted molar refractivity (Wildman–Crippen MR) is 79.4 cm³/mol. The van der Waals surface area contributed by atoms with Crippen LogP contribution in [0.5, 0.6) is 0 Å². The van der Waals surface area contributed by atoms with Gasteiger partial charge in [0.15, 0.2) is 0 Å². The van der Waals surface area contributed by atoms with E-state index in [1.165, 1.54) is 12.8 Å². The van der Waals surface area contributed by atoms with E-state index >= 15 is 0 Å². The van der Waals surface area contributed by atoms with Gasteiger partial charge in [-0.15, -0.1) is 0 Å². The quantitative estimate of drug-likeness (QED) is 0.732. The highest BCUT2D eigenvalue weighted by Crippen LogP contribution is 2.13. The van der Waals surface area contributed by atoms with Gasteiger partial charge in [-0.3, -0.25) is 0 Å². The number of nitrogens with one attached hydrogen (secondary N) is 3. The van der Waals surface area contributed by atoms with Gasteiger partial charge in [-0.25, -0.2) is 9.97 Å². The zero-order valence-corrected chi connectivity index (χ0v) is 11.9. The number of aromatic nitrogens is 2. The Bertz CT molecular complexity index is 374. The lowest BCUT2D eigenvalue weighted by Crippen LogP contribution is -2.33. The van der Waals surface area contributed by atoms with Crippen molar-refractivity contribution in [2.75, 3.05) is 36.8 Å². The number of nitrogens with zero attached hydrogens (tertiary/aromatic N) is 2. The minimum Gasteiger partial charge on any atom is -0.370 e. The van der Waals surface area contributed by atoms with Crippen LogP contribution in [0.4, 0.5) is 11.6 Å². The minimum atomic E-state index is 0.611. The van der Waals surface area contributed by atoms with E-state index in [2.05, 4.69) is 39.8 Å². The molecule has 1 unspecified atom stereocenters. The summed E-state index contributed by atoms with van der Waals surface area (Å²) >= 11 is 0. The van der Waals surface area contributed by atoms with Crippen LogP contribution in [0.2, 0.25) is 0 Å². The van der Waals surface area contributed by atoms with Crippen molar-refractivity contribution in [1.82, 2.24) is 15.3 Å². The van der Waals surface area contributed by atoms with Gasteiger partial charge in [-0.05, 0) is 37.8 Å². The van der Waals surface area contributed by atoms with Crippen molar-refractivity contribution in [3.63, 3.8) is 0 Å². The Morgan fingerprint density at radius 3 is 2.79 bits per heavy atom. The molecule has 1 aliphatic rings. The predicted octanol–water partition coefficient (Wildman–Crippen LogP) is 1.96. The number of hydrogen-bond acceptors (Lipinski definition) is 5. The molecule has 0 radical (unpaired) electrons. The third-order valence-corrected chi connectivity index (χ3v) is 3.33. The molecule has 0 aromatic carbocycles. The van der Waals surface area contributed by atoms with E-state index in [4.69, 9.17) is 0 Å². The van der Waals surface area contributed by atoms with Crippen LogP contribution in [-0.4, -0.2) is 36.1 Å². The zero-order chi connectivity index (χ0) is 13.5. The van der Waals surface area contributed by atoms with Gasteiger partial charge in [0.05, 0.1) is 0 Å². The maximum Gasteiger partial charge on any atom is 0.131 e. The first kappa shape index (κ1) is 14.1. The first-order valence-corrected chi connectivity index (χ1v) is 7.24. The van der Waals surface area contributed by atoms with E-state index < -0.39 is 0 Å². The van der Waals surface area contributed by atoms with E-state index in [9.17, 15) is 0 Å². The lowest BCUT2D eigenvalue weighted by atomic mass is 10.00. The van der Waals surface area contributed by atoms with Gasteiger partial charge in [-0.2, -0.15) is 0 Å². The Balaban J connectivity index is 1.80. The van der Waals surface area contributed by atoms with Gasteiger partial charge in [0.2, 0.25) is 0 Å². The summed E-state index contributed by atoms with van der Waals surface area (Å²) < 4.78 is 0. The monoisotopic (exact) mass is 263 g/mol. The molecule has 0 saturated carbocycles. The summed E-state index contributed by atoms with van der Waals surface area (Å²) in [5.41, 5.74) is 0. The van der Waals surface area contributed by atoms with Crippen LogP contribution < -0.4 is 16.0 Å². The summed E-state index contributed by atoms with van der Waals surface area (Å²) in [5, 5.41) is 10.2. The Hall–Kier alpha value is -1.36. The summed E-state index contributed by atoms with van der Waals surface area (Å²) in [7, 11) is 0. The summed E-state index contributed by atoms with van der Waals surface area (Å²) in [4.78, 5) is 8.50. The Morgan fingerprint density at radius 1 is 1.32 bits per heavy atom. The second-order valence-electron chi connectivity index (χ2n) is 5.66. The van der Waals surface area contributed by atoms with Crippen LogP contribution >= 0.6 is 0 Å². The first-order valence-electron chi connectivity index (χ1n) is 7.24. The van der Waals surface area contributed by atoms with Gasteiger partial charge in [0.1, 0.15) is 18.0 Å². The molecule has 2 rings (SSSR count). The SMILES string of the molecule is CC(C)CNc1cc(NCC2CCCNC2)ncn1. The third kappa shape index (κ3) is 5.03. The number of rotatable bonds is 6. The van der Waals surface area contributed by atoms with Crippen LogP contribution in [0, 0.1) is 11.8 Å². The topological polar surface area (TPSA) is 61.9 Å². The van der Waals surface area contributed by atoms with Crippen molar-refractivity contribution in [1.29, 1.82) is 0 Å². The molecule has 1 aromatic heterocycles. The number of piperidine rings is 1. The van der Waals surface area contributed by atoms with Gasteiger partial charge >= 0.3 is 0 Å². The smallest absolute Gasteiger partial charge is 0.131 e. The van der Waals surface area contributed by atoms with E-state index in [-0.39, 0.29) is 0 Å². The van der Waals surface area contributed by atoms with Crippen LogP contribution in [-0.2, 0) is 0 Å². The molecule has 0 spiro atoms. The average Bonchev–Trinajstić information content (AvgIpc) is 2.44. The van der Waals surface area contributed by atoms with Gasteiger partial charge in [-0.1, -0.05) is 13.8 Å². The fourth-order valence-corrected chi connectivity index (χ4v) is 2.21. The van der Waals surface area contributed by atoms with Crippen molar-refractivity contribution < 1.29 is 0 Å². The largest absolute Gasteiger partial charge is 0.370 e. The van der Waals surface area contributed by atoms with Gasteiger partial charge < -0.3 is 16.0 Å². The molecule has 1 atom stereocenters. The maximum atomic E-state index is 4.27. The van der Waals surface area contributed by atoms with Crippen molar-refractivity contribution in [2.24, 2.45) is 11.8 Å². The molecular weight excluding hydrogens is 238 g/mol. The molecule has 5 heteroatoms. The standard InChI is InChI=1S/C14H25N5/c1-11(2)7-16-13-6-14(19-10-18-13)17-9-12-4-3-5-15-8-12/h6,10-12,15H,3-5,7-9H2,1-2H3,(H2,16,17,18,19). The zero-order valence-electron chi connectivity index (χ0n) is 11.9. The van der Waals surface area contributed by atoms with E-state index in [0.29, 0.717) is 11.8 Å². The van der Waals surface area contributed by atoms with Crippen LogP contribution in [0.15, 0.2) is 12.4 Å². The first-order chi connectivity index (χ1) is 9.24. The lowest BCUT2D eigenvalue weighted by molar-refractivity contribution is 0.392. The lowest BCUT2D eigenvalue weighted by Gasteiger charge is -2.23. The highest BCUT2D eigenvalue weighted by atomic mass is 15.1. The fraction of sp³-hybridized carbons (Fsp3) is 0.714. The van der Waals surface area contributed by atoms with Crippen molar-refractivity contribution in [3.05, 3.63) is 12.4 Å². The molecular formula is C14H25N5. The van der Waals surface area contributed by atoms with Crippen molar-refractivity contribution in [2.45, 2.75) is 26.7 Å². The Labute approximate surface area is 115 Å². The second-order valence-corrected chi connectivity index (χ2v) is 5.66. The molecule has 1 saturated heterocycles. The molecule has 3 N–H and O–H groups in total. The molecule has 1 aliphatic heterocycles. The fourth-order valence-electron chi connectivity index (χ4n) is 2.21. The molecule has 0 aliphatic carbocycles. The molecule has 5 nitrogen and oxygen atoms in total. The van der Waals surface area contributed by atoms with Crippen LogP contribution in [0.1, 0.15) is 26.7 Å². The summed E-state index contributed by atoms with van der Waals surface area (Å²) in [5.74, 6) is 3.12. The second kappa shape index (κ2) is 7.28. The Morgan fingerprint density at radius 2 is 2.11 bits per heavy atom. The minimum absolute atomic E-state index is 0.611. The maximum absolute atomic E-state index is 4.27. The highest BCUT2D eigenvalue weighted by Gasteiger charge is 2.12. The Kier molecular flexibility index (Phi) is 5.39. The number of anilines is 2. The number of hydrogen-bond donors (Lipinski definition) is 3. The van der Waals surface area contributed by atoms with Crippen molar-refractivity contribution >= 4 is 11.6 Å². The average molecular weight is 263 g/mol. The molecule has 1 fully saturated rings. The third-order valence-electron chi connectivity index (χ3n) is 3.33. The van der Waals surface area contributed by atoms with Gasteiger partial charge in [0, 0.05) is 19.2 Å². The summed E-state index contributed by atoms with van der Waals surface area (Å²) in [6.07, 6.45) is 4.19. The van der Waals surface area contributed by atoms with Crippen LogP contribution in [0.25, 0.3) is 0 Å². The molecule has 2 heterocycles. The van der Waals surface area contributed by atoms with E-state index in [0.717, 1.165) is 37.8 Å². The van der Waals surface area contributed by atoms with E-state index in [1.54, 1.807) is 6.33 Å². The molecule has 106 valence electrons. The molecule has 19 heavy (non-hydrogen) atoms. The van der Waals surface area contributed by atoms with Gasteiger partial charge in [0.25, 0.3) is 0 Å². The highest BCUT2D eigenvalue weighted by molar-refractivity contribution is 5.46. The summed E-state index contributed by atoms with van der Waals surface area (Å²) in [6, 6.07) is 1.98. The molecule has 1 aromatic rings. The van der Waals surface area contributed by atoms with E-state index in [1.807, 2.05) is 6.07 Å². The summed E-state index contributed by atoms with van der Waals surface area (Å²) in [6.45, 7) is 8.55. The molecule has 0 amide bonds.